The maximum Gasteiger partial charge on any atom is 0.235 e. The van der Waals surface area contributed by atoms with Crippen molar-refractivity contribution in [2.75, 3.05) is 11.1 Å². The predicted molar refractivity (Wildman–Crippen MR) is 67.1 cm³/mol. The van der Waals surface area contributed by atoms with Gasteiger partial charge in [-0.2, -0.15) is 12.6 Å². The molecule has 3 nitrogen and oxygen atoms in total. The zero-order valence-corrected chi connectivity index (χ0v) is 9.99. The molecule has 0 saturated heterocycles. The number of hydrogen-bond acceptors (Lipinski definition) is 4. The van der Waals surface area contributed by atoms with Gasteiger partial charge in [-0.3, -0.25) is 4.79 Å². The summed E-state index contributed by atoms with van der Waals surface area (Å²) in [5, 5.41) is 3.89. The highest BCUT2D eigenvalue weighted by Gasteiger charge is 2.06. The lowest BCUT2D eigenvalue weighted by atomic mass is 10.3. The van der Waals surface area contributed by atoms with Crippen LogP contribution in [0.25, 0.3) is 10.2 Å². The number of anilines is 1. The van der Waals surface area contributed by atoms with Crippen LogP contribution in [0.1, 0.15) is 0 Å². The molecule has 78 valence electrons. The Bertz CT molecular complexity index is 512. The zero-order valence-electron chi connectivity index (χ0n) is 7.53. The minimum atomic E-state index is -0.163. The van der Waals surface area contributed by atoms with Crippen molar-refractivity contribution in [1.82, 2.24) is 4.98 Å². The van der Waals surface area contributed by atoms with E-state index in [1.807, 2.05) is 12.1 Å². The highest BCUT2D eigenvalue weighted by molar-refractivity contribution is 7.81. The molecule has 0 aliphatic heterocycles. The Kier molecular flexibility index (Phi) is 3.14. The molecule has 1 aromatic carbocycles. The molecule has 0 atom stereocenters. The average Bonchev–Trinajstić information content (AvgIpc) is 2.59. The van der Waals surface area contributed by atoms with Gasteiger partial charge in [0.1, 0.15) is 0 Å². The van der Waals surface area contributed by atoms with Gasteiger partial charge >= 0.3 is 0 Å². The summed E-state index contributed by atoms with van der Waals surface area (Å²) in [6.07, 6.45) is 0. The number of halogens is 1. The molecule has 2 rings (SSSR count). The molecule has 0 spiro atoms. The van der Waals surface area contributed by atoms with E-state index < -0.39 is 0 Å². The molecule has 0 aliphatic rings. The number of nitrogens with zero attached hydrogens (tertiary/aromatic N) is 1. The molecule has 1 N–H and O–H groups in total. The Morgan fingerprint density at radius 3 is 3.13 bits per heavy atom. The van der Waals surface area contributed by atoms with Crippen molar-refractivity contribution in [3.8, 4) is 0 Å². The Labute approximate surface area is 101 Å². The number of carbonyl (C=O) groups is 1. The molecular weight excluding hydrogens is 252 g/mol. The second-order valence-corrected chi connectivity index (χ2v) is 4.62. The van der Waals surface area contributed by atoms with Gasteiger partial charge in [0.15, 0.2) is 5.13 Å². The van der Waals surface area contributed by atoms with E-state index in [1.165, 1.54) is 11.3 Å². The lowest BCUT2D eigenvalue weighted by Gasteiger charge is -1.94. The number of benzene rings is 1. The normalized spacial score (nSPS) is 10.5. The van der Waals surface area contributed by atoms with Crippen LogP contribution in [-0.4, -0.2) is 16.6 Å². The summed E-state index contributed by atoms with van der Waals surface area (Å²) < 4.78 is 0.956. The number of fused-ring (bicyclic) bond motifs is 1. The Balaban J connectivity index is 2.34. The molecule has 0 aliphatic carbocycles. The second-order valence-electron chi connectivity index (χ2n) is 2.84. The monoisotopic (exact) mass is 258 g/mol. The van der Waals surface area contributed by atoms with Gasteiger partial charge in [0, 0.05) is 5.02 Å². The first kappa shape index (κ1) is 10.7. The van der Waals surface area contributed by atoms with Crippen LogP contribution in [0.3, 0.4) is 0 Å². The van der Waals surface area contributed by atoms with Crippen molar-refractivity contribution in [3.05, 3.63) is 23.2 Å². The van der Waals surface area contributed by atoms with E-state index in [1.54, 1.807) is 6.07 Å². The third kappa shape index (κ3) is 2.42. The van der Waals surface area contributed by atoms with E-state index in [0.717, 1.165) is 10.2 Å². The van der Waals surface area contributed by atoms with Crippen LogP contribution in [0.2, 0.25) is 5.02 Å². The smallest absolute Gasteiger partial charge is 0.235 e. The second kappa shape index (κ2) is 4.38. The topological polar surface area (TPSA) is 42.0 Å². The van der Waals surface area contributed by atoms with Gasteiger partial charge in [-0.1, -0.05) is 22.9 Å². The molecule has 0 unspecified atom stereocenters. The van der Waals surface area contributed by atoms with Crippen LogP contribution in [0.5, 0.6) is 0 Å². The maximum atomic E-state index is 11.1. The first-order valence-corrected chi connectivity index (χ1v) is 5.98. The number of thiazole rings is 1. The van der Waals surface area contributed by atoms with Crippen LogP contribution in [0.4, 0.5) is 5.13 Å². The number of rotatable bonds is 2. The number of carbonyl (C=O) groups excluding carboxylic acids is 1. The van der Waals surface area contributed by atoms with Gasteiger partial charge in [-0.15, -0.1) is 0 Å². The zero-order chi connectivity index (χ0) is 10.8. The Morgan fingerprint density at radius 2 is 2.40 bits per heavy atom. The molecule has 15 heavy (non-hydrogen) atoms. The summed E-state index contributed by atoms with van der Waals surface area (Å²) in [4.78, 5) is 15.3. The van der Waals surface area contributed by atoms with Crippen molar-refractivity contribution < 1.29 is 4.79 Å². The van der Waals surface area contributed by atoms with Crippen LogP contribution >= 0.6 is 35.6 Å². The standard InChI is InChI=1S/C9H7ClN2OS2/c10-5-1-2-6-7(3-5)15-9(11-6)12-8(13)4-14/h1-3,14H,4H2,(H,11,12,13). The summed E-state index contributed by atoms with van der Waals surface area (Å²) >= 11 is 11.1. The molecule has 1 aromatic heterocycles. The fourth-order valence-electron chi connectivity index (χ4n) is 1.11. The van der Waals surface area contributed by atoms with Crippen molar-refractivity contribution in [3.63, 3.8) is 0 Å². The molecule has 0 radical (unpaired) electrons. The van der Waals surface area contributed by atoms with Gasteiger partial charge in [0.2, 0.25) is 5.91 Å². The molecule has 1 heterocycles. The summed E-state index contributed by atoms with van der Waals surface area (Å²) in [5.74, 6) is -0.0140. The van der Waals surface area contributed by atoms with Crippen molar-refractivity contribution in [1.29, 1.82) is 0 Å². The fraction of sp³-hybridized carbons (Fsp3) is 0.111. The number of amides is 1. The van der Waals surface area contributed by atoms with Gasteiger partial charge in [0.25, 0.3) is 0 Å². The highest BCUT2D eigenvalue weighted by Crippen LogP contribution is 2.28. The Morgan fingerprint density at radius 1 is 1.60 bits per heavy atom. The van der Waals surface area contributed by atoms with E-state index in [9.17, 15) is 4.79 Å². The molecular formula is C9H7ClN2OS2. The average molecular weight is 259 g/mol. The largest absolute Gasteiger partial charge is 0.301 e. The third-order valence-corrected chi connectivity index (χ3v) is 3.20. The lowest BCUT2D eigenvalue weighted by Crippen LogP contribution is -2.12. The number of aromatic nitrogens is 1. The van der Waals surface area contributed by atoms with E-state index >= 15 is 0 Å². The molecule has 0 bridgehead atoms. The molecule has 6 heteroatoms. The van der Waals surface area contributed by atoms with E-state index in [0.29, 0.717) is 10.2 Å². The SMILES string of the molecule is O=C(CS)Nc1nc2ccc(Cl)cc2s1. The highest BCUT2D eigenvalue weighted by atomic mass is 35.5. The third-order valence-electron chi connectivity index (χ3n) is 1.74. The molecule has 0 fully saturated rings. The van der Waals surface area contributed by atoms with Crippen LogP contribution < -0.4 is 5.32 Å². The number of thiol groups is 1. The Hall–Kier alpha value is -0.780. The first-order chi connectivity index (χ1) is 7.19. The predicted octanol–water partition coefficient (Wildman–Crippen LogP) is 2.82. The summed E-state index contributed by atoms with van der Waals surface area (Å²) in [6.45, 7) is 0. The van der Waals surface area contributed by atoms with Gasteiger partial charge < -0.3 is 5.32 Å². The van der Waals surface area contributed by atoms with Crippen LogP contribution in [0, 0.1) is 0 Å². The quantitative estimate of drug-likeness (QED) is 0.814. The number of hydrogen-bond donors (Lipinski definition) is 2. The van der Waals surface area contributed by atoms with Crippen molar-refractivity contribution >= 4 is 56.8 Å². The summed E-state index contributed by atoms with van der Waals surface area (Å²) in [6, 6.07) is 5.42. The fourth-order valence-corrected chi connectivity index (χ4v) is 2.35. The van der Waals surface area contributed by atoms with Crippen LogP contribution in [-0.2, 0) is 4.79 Å². The molecule has 1 amide bonds. The molecule has 0 saturated carbocycles. The van der Waals surface area contributed by atoms with Crippen molar-refractivity contribution in [2.24, 2.45) is 0 Å². The van der Waals surface area contributed by atoms with Crippen LogP contribution in [0.15, 0.2) is 18.2 Å². The summed E-state index contributed by atoms with van der Waals surface area (Å²) in [5.41, 5.74) is 0.832. The van der Waals surface area contributed by atoms with E-state index in [2.05, 4.69) is 22.9 Å². The minimum Gasteiger partial charge on any atom is -0.301 e. The van der Waals surface area contributed by atoms with Gasteiger partial charge in [0.05, 0.1) is 16.0 Å². The van der Waals surface area contributed by atoms with Gasteiger partial charge in [-0.25, -0.2) is 4.98 Å². The first-order valence-electron chi connectivity index (χ1n) is 4.16. The number of nitrogens with one attached hydrogen (secondary N) is 1. The minimum absolute atomic E-state index is 0.149. The summed E-state index contributed by atoms with van der Waals surface area (Å²) in [7, 11) is 0. The van der Waals surface area contributed by atoms with Gasteiger partial charge in [-0.05, 0) is 18.2 Å². The maximum absolute atomic E-state index is 11.1. The van der Waals surface area contributed by atoms with E-state index in [4.69, 9.17) is 11.6 Å². The molecule has 2 aromatic rings. The lowest BCUT2D eigenvalue weighted by molar-refractivity contribution is -0.113. The van der Waals surface area contributed by atoms with E-state index in [-0.39, 0.29) is 11.7 Å². The van der Waals surface area contributed by atoms with Crippen molar-refractivity contribution in [2.45, 2.75) is 0 Å².